The highest BCUT2D eigenvalue weighted by molar-refractivity contribution is 6.30. The van der Waals surface area contributed by atoms with E-state index < -0.39 is 0 Å². The van der Waals surface area contributed by atoms with Gasteiger partial charge in [-0.15, -0.1) is 0 Å². The summed E-state index contributed by atoms with van der Waals surface area (Å²) in [7, 11) is 0. The normalized spacial score (nSPS) is 20.4. The molecule has 0 aromatic heterocycles. The fraction of sp³-hybridized carbons (Fsp3) is 0.500. The highest BCUT2D eigenvalue weighted by Crippen LogP contribution is 2.17. The number of carbonyl (C=O) groups is 1. The van der Waals surface area contributed by atoms with Gasteiger partial charge in [-0.2, -0.15) is 0 Å². The van der Waals surface area contributed by atoms with Gasteiger partial charge < -0.3 is 5.32 Å². The first-order valence-corrected chi connectivity index (χ1v) is 6.74. The van der Waals surface area contributed by atoms with E-state index in [1.165, 1.54) is 18.2 Å². The highest BCUT2D eigenvalue weighted by atomic mass is 35.5. The van der Waals surface area contributed by atoms with Crippen molar-refractivity contribution in [2.24, 2.45) is 0 Å². The van der Waals surface area contributed by atoms with Gasteiger partial charge in [0.25, 0.3) is 0 Å². The van der Waals surface area contributed by atoms with Gasteiger partial charge >= 0.3 is 0 Å². The minimum Gasteiger partial charge on any atom is -0.307 e. The smallest absolute Gasteiger partial charge is 0.154 e. The third-order valence-electron chi connectivity index (χ3n) is 3.32. The monoisotopic (exact) mass is 269 g/mol. The van der Waals surface area contributed by atoms with Crippen molar-refractivity contribution < 1.29 is 9.18 Å². The molecule has 0 saturated carbocycles. The Balaban J connectivity index is 2.03. The lowest BCUT2D eigenvalue weighted by Crippen LogP contribution is -2.37. The molecule has 0 radical (unpaired) electrons. The minimum atomic E-state index is -0.360. The van der Waals surface area contributed by atoms with Crippen molar-refractivity contribution in [3.05, 3.63) is 34.6 Å². The summed E-state index contributed by atoms with van der Waals surface area (Å²) < 4.78 is 13.5. The van der Waals surface area contributed by atoms with E-state index in [1.807, 2.05) is 0 Å². The molecule has 2 nitrogen and oxygen atoms in total. The lowest BCUT2D eigenvalue weighted by Gasteiger charge is -2.14. The first-order chi connectivity index (χ1) is 8.66. The van der Waals surface area contributed by atoms with Crippen molar-refractivity contribution in [2.45, 2.75) is 38.1 Å². The van der Waals surface area contributed by atoms with Gasteiger partial charge in [0, 0.05) is 11.4 Å². The molecule has 1 saturated heterocycles. The number of carbonyl (C=O) groups excluding carboxylic acids is 1. The zero-order valence-corrected chi connectivity index (χ0v) is 11.0. The summed E-state index contributed by atoms with van der Waals surface area (Å²) in [6, 6.07) is 4.21. The highest BCUT2D eigenvalue weighted by Gasteiger charge is 2.20. The van der Waals surface area contributed by atoms with Crippen LogP contribution in [0.15, 0.2) is 18.2 Å². The predicted molar refractivity (Wildman–Crippen MR) is 70.4 cm³/mol. The van der Waals surface area contributed by atoms with Gasteiger partial charge in [-0.25, -0.2) is 4.39 Å². The summed E-state index contributed by atoms with van der Waals surface area (Å²) in [6.07, 6.45) is 4.28. The van der Waals surface area contributed by atoms with Crippen LogP contribution in [0.2, 0.25) is 5.02 Å². The Bertz CT molecular complexity index is 428. The number of nitrogens with one attached hydrogen (secondary N) is 1. The molecule has 0 amide bonds. The maximum Gasteiger partial charge on any atom is 0.154 e. The van der Waals surface area contributed by atoms with Gasteiger partial charge in [-0.3, -0.25) is 4.79 Å². The topological polar surface area (TPSA) is 29.1 Å². The average molecular weight is 270 g/mol. The molecular weight excluding hydrogens is 253 g/mol. The molecule has 0 bridgehead atoms. The van der Waals surface area contributed by atoms with E-state index in [0.717, 1.165) is 32.2 Å². The number of benzene rings is 1. The fourth-order valence-corrected chi connectivity index (χ4v) is 2.49. The Labute approximate surface area is 112 Å². The number of hydrogen-bond acceptors (Lipinski definition) is 2. The molecule has 1 heterocycles. The Morgan fingerprint density at radius 2 is 2.22 bits per heavy atom. The number of halogens is 2. The summed E-state index contributed by atoms with van der Waals surface area (Å²) in [6.45, 7) is 0.869. The lowest BCUT2D eigenvalue weighted by atomic mass is 10.00. The summed E-state index contributed by atoms with van der Waals surface area (Å²) >= 11 is 5.82. The molecule has 0 spiro atoms. The number of ketones is 1. The molecule has 1 fully saturated rings. The predicted octanol–water partition coefficient (Wildman–Crippen LogP) is 3.12. The van der Waals surface area contributed by atoms with E-state index in [2.05, 4.69) is 5.32 Å². The molecule has 0 aliphatic carbocycles. The summed E-state index contributed by atoms with van der Waals surface area (Å²) in [5, 5.41) is 3.70. The van der Waals surface area contributed by atoms with Crippen molar-refractivity contribution in [1.82, 2.24) is 5.32 Å². The van der Waals surface area contributed by atoms with Crippen LogP contribution in [0.1, 0.15) is 31.2 Å². The van der Waals surface area contributed by atoms with Gasteiger partial charge in [0.2, 0.25) is 0 Å². The van der Waals surface area contributed by atoms with Crippen LogP contribution in [0, 0.1) is 5.82 Å². The molecular formula is C14H17ClFNO. The first kappa shape index (κ1) is 13.5. The molecule has 98 valence electrons. The average Bonchev–Trinajstić information content (AvgIpc) is 2.62. The molecule has 1 atom stereocenters. The molecule has 1 unspecified atom stereocenters. The SMILES string of the molecule is O=C(Cc1cc(Cl)ccc1F)C1CCCCCN1. The first-order valence-electron chi connectivity index (χ1n) is 6.37. The second-order valence-electron chi connectivity index (χ2n) is 4.73. The van der Waals surface area contributed by atoms with Crippen LogP contribution in [0.25, 0.3) is 0 Å². The van der Waals surface area contributed by atoms with E-state index in [0.29, 0.717) is 10.6 Å². The van der Waals surface area contributed by atoms with Crippen molar-refractivity contribution in [1.29, 1.82) is 0 Å². The van der Waals surface area contributed by atoms with Gasteiger partial charge in [-0.1, -0.05) is 24.4 Å². The van der Waals surface area contributed by atoms with Crippen molar-refractivity contribution in [3.63, 3.8) is 0 Å². The van der Waals surface area contributed by atoms with E-state index in [9.17, 15) is 9.18 Å². The van der Waals surface area contributed by atoms with Gasteiger partial charge in [-0.05, 0) is 43.1 Å². The zero-order valence-electron chi connectivity index (χ0n) is 10.2. The molecule has 1 aromatic rings. The Morgan fingerprint density at radius 1 is 1.39 bits per heavy atom. The molecule has 1 N–H and O–H groups in total. The Kier molecular flexibility index (Phi) is 4.72. The van der Waals surface area contributed by atoms with Crippen LogP contribution < -0.4 is 5.32 Å². The third kappa shape index (κ3) is 3.53. The van der Waals surface area contributed by atoms with Crippen molar-refractivity contribution >= 4 is 17.4 Å². The summed E-state index contributed by atoms with van der Waals surface area (Å²) in [5.74, 6) is -0.306. The number of hydrogen-bond donors (Lipinski definition) is 1. The van der Waals surface area contributed by atoms with Crippen molar-refractivity contribution in [2.75, 3.05) is 6.54 Å². The van der Waals surface area contributed by atoms with E-state index >= 15 is 0 Å². The van der Waals surface area contributed by atoms with Gasteiger partial charge in [0.1, 0.15) is 5.82 Å². The fourth-order valence-electron chi connectivity index (χ4n) is 2.29. The van der Waals surface area contributed by atoms with Gasteiger partial charge in [0.15, 0.2) is 5.78 Å². The second kappa shape index (κ2) is 6.30. The van der Waals surface area contributed by atoms with Crippen LogP contribution in [0.3, 0.4) is 0 Å². The lowest BCUT2D eigenvalue weighted by molar-refractivity contribution is -0.120. The summed E-state index contributed by atoms with van der Waals surface area (Å²) in [4.78, 5) is 12.1. The van der Waals surface area contributed by atoms with Crippen LogP contribution in [0.5, 0.6) is 0 Å². The Hall–Kier alpha value is -0.930. The largest absolute Gasteiger partial charge is 0.307 e. The Morgan fingerprint density at radius 3 is 3.06 bits per heavy atom. The zero-order chi connectivity index (χ0) is 13.0. The van der Waals surface area contributed by atoms with Crippen LogP contribution in [-0.4, -0.2) is 18.4 Å². The maximum atomic E-state index is 13.5. The maximum absolute atomic E-state index is 13.5. The molecule has 1 aromatic carbocycles. The standard InChI is InChI=1S/C14H17ClFNO/c15-11-5-6-12(16)10(8-11)9-14(18)13-4-2-1-3-7-17-13/h5-6,8,13,17H,1-4,7,9H2. The van der Waals surface area contributed by atoms with Crippen LogP contribution >= 0.6 is 11.6 Å². The van der Waals surface area contributed by atoms with E-state index in [-0.39, 0.29) is 24.1 Å². The van der Waals surface area contributed by atoms with Crippen LogP contribution in [-0.2, 0) is 11.2 Å². The van der Waals surface area contributed by atoms with Crippen LogP contribution in [0.4, 0.5) is 4.39 Å². The quantitative estimate of drug-likeness (QED) is 0.913. The molecule has 4 heteroatoms. The molecule has 1 aliphatic rings. The van der Waals surface area contributed by atoms with Gasteiger partial charge in [0.05, 0.1) is 6.04 Å². The minimum absolute atomic E-state index is 0.0538. The molecule has 1 aliphatic heterocycles. The molecule has 2 rings (SSSR count). The molecule has 18 heavy (non-hydrogen) atoms. The summed E-state index contributed by atoms with van der Waals surface area (Å²) in [5.41, 5.74) is 0.388. The van der Waals surface area contributed by atoms with E-state index in [4.69, 9.17) is 11.6 Å². The number of rotatable bonds is 3. The van der Waals surface area contributed by atoms with E-state index in [1.54, 1.807) is 0 Å². The third-order valence-corrected chi connectivity index (χ3v) is 3.56. The number of Topliss-reactive ketones (excluding diaryl/α,β-unsaturated/α-hetero) is 1. The second-order valence-corrected chi connectivity index (χ2v) is 5.17. The van der Waals surface area contributed by atoms with Crippen molar-refractivity contribution in [3.8, 4) is 0 Å².